The van der Waals surface area contributed by atoms with Gasteiger partial charge in [0.25, 0.3) is 0 Å². The number of ether oxygens (including phenoxy) is 1. The van der Waals surface area contributed by atoms with Crippen molar-refractivity contribution in [2.75, 3.05) is 16.9 Å². The monoisotopic (exact) mass is 384 g/mol. The van der Waals surface area contributed by atoms with Crippen molar-refractivity contribution in [2.45, 2.75) is 32.0 Å². The Bertz CT molecular complexity index is 1040. The molecule has 4 nitrogen and oxygen atoms in total. The zero-order valence-corrected chi connectivity index (χ0v) is 16.5. The van der Waals surface area contributed by atoms with Gasteiger partial charge in [-0.05, 0) is 47.4 Å². The molecule has 5 rings (SSSR count). The molecule has 0 aliphatic carbocycles. The Morgan fingerprint density at radius 3 is 2.31 bits per heavy atom. The molecule has 146 valence electrons. The summed E-state index contributed by atoms with van der Waals surface area (Å²) in [6.45, 7) is 1.39. The number of nitrogens with zero attached hydrogens (tertiary/aromatic N) is 2. The highest BCUT2D eigenvalue weighted by molar-refractivity contribution is 5.95. The number of anilines is 2. The van der Waals surface area contributed by atoms with Crippen LogP contribution in [0.3, 0.4) is 0 Å². The van der Waals surface area contributed by atoms with E-state index >= 15 is 0 Å². The van der Waals surface area contributed by atoms with E-state index in [0.29, 0.717) is 13.0 Å². The van der Waals surface area contributed by atoms with Gasteiger partial charge in [-0.1, -0.05) is 48.5 Å². The van der Waals surface area contributed by atoms with Gasteiger partial charge in [0.05, 0.1) is 13.7 Å². The Hall–Kier alpha value is -3.27. The van der Waals surface area contributed by atoms with Gasteiger partial charge in [0.1, 0.15) is 5.75 Å². The van der Waals surface area contributed by atoms with E-state index in [4.69, 9.17) is 4.74 Å². The number of hydrogen-bond acceptors (Lipinski definition) is 3. The number of rotatable bonds is 3. The van der Waals surface area contributed by atoms with Crippen LogP contribution in [0.2, 0.25) is 0 Å². The van der Waals surface area contributed by atoms with Crippen LogP contribution < -0.4 is 14.5 Å². The largest absolute Gasteiger partial charge is 0.497 e. The molecule has 3 aromatic carbocycles. The van der Waals surface area contributed by atoms with Crippen molar-refractivity contribution < 1.29 is 9.53 Å². The van der Waals surface area contributed by atoms with Crippen molar-refractivity contribution in [1.82, 2.24) is 0 Å². The van der Waals surface area contributed by atoms with Gasteiger partial charge >= 0.3 is 0 Å². The lowest BCUT2D eigenvalue weighted by Crippen LogP contribution is -2.42. The number of hydrogen-bond donors (Lipinski definition) is 0. The highest BCUT2D eigenvalue weighted by Gasteiger charge is 2.35. The highest BCUT2D eigenvalue weighted by atomic mass is 16.5. The van der Waals surface area contributed by atoms with Gasteiger partial charge in [0.15, 0.2) is 0 Å². The molecule has 1 amide bonds. The zero-order chi connectivity index (χ0) is 19.8. The average Bonchev–Trinajstić information content (AvgIpc) is 3.08. The summed E-state index contributed by atoms with van der Waals surface area (Å²) < 4.78 is 5.27. The number of amides is 1. The second-order valence-electron chi connectivity index (χ2n) is 7.78. The van der Waals surface area contributed by atoms with Crippen LogP contribution in [0.5, 0.6) is 5.75 Å². The average molecular weight is 384 g/mol. The Morgan fingerprint density at radius 2 is 1.55 bits per heavy atom. The Morgan fingerprint density at radius 1 is 0.862 bits per heavy atom. The molecule has 0 spiro atoms. The topological polar surface area (TPSA) is 32.8 Å². The van der Waals surface area contributed by atoms with Crippen molar-refractivity contribution in [3.05, 3.63) is 89.5 Å². The summed E-state index contributed by atoms with van der Waals surface area (Å²) in [4.78, 5) is 17.8. The molecule has 0 saturated carbocycles. The molecular formula is C25H24N2O2. The predicted octanol–water partition coefficient (Wildman–Crippen LogP) is 4.56. The molecule has 2 aliphatic heterocycles. The minimum absolute atomic E-state index is 0.177. The summed E-state index contributed by atoms with van der Waals surface area (Å²) in [5.41, 5.74) is 5.91. The summed E-state index contributed by atoms with van der Waals surface area (Å²) in [6, 6.07) is 25.0. The number of carbonyl (C=O) groups excluding carboxylic acids is 1. The van der Waals surface area contributed by atoms with Crippen molar-refractivity contribution in [3.63, 3.8) is 0 Å². The summed E-state index contributed by atoms with van der Waals surface area (Å²) in [6.07, 6.45) is 1.46. The lowest BCUT2D eigenvalue weighted by molar-refractivity contribution is -0.119. The lowest BCUT2D eigenvalue weighted by atomic mass is 10.0. The minimum atomic E-state index is 0.177. The van der Waals surface area contributed by atoms with Crippen LogP contribution in [-0.2, 0) is 24.3 Å². The molecule has 2 heterocycles. The van der Waals surface area contributed by atoms with Crippen molar-refractivity contribution in [2.24, 2.45) is 0 Å². The van der Waals surface area contributed by atoms with Crippen molar-refractivity contribution in [3.8, 4) is 5.75 Å². The third-order valence-corrected chi connectivity index (χ3v) is 6.03. The highest BCUT2D eigenvalue weighted by Crippen LogP contribution is 2.38. The first-order valence-electron chi connectivity index (χ1n) is 10.1. The molecule has 1 atom stereocenters. The van der Waals surface area contributed by atoms with E-state index < -0.39 is 0 Å². The zero-order valence-electron chi connectivity index (χ0n) is 16.5. The van der Waals surface area contributed by atoms with Crippen LogP contribution in [0.4, 0.5) is 11.4 Å². The standard InChI is InChI=1S/C25H24N2O2/c1-29-22-12-10-18(11-13-22)16-27-24-9-5-3-7-20(24)17-26-21(15-25(27)28)14-19-6-2-4-8-23(19)26/h2-13,21H,14-17H2,1H3. The molecular weight excluding hydrogens is 360 g/mol. The quantitative estimate of drug-likeness (QED) is 0.663. The van der Waals surface area contributed by atoms with Crippen LogP contribution in [0.25, 0.3) is 0 Å². The third-order valence-electron chi connectivity index (χ3n) is 6.03. The fourth-order valence-electron chi connectivity index (χ4n) is 4.55. The normalized spacial score (nSPS) is 17.8. The number of fused-ring (bicyclic) bond motifs is 4. The van der Waals surface area contributed by atoms with Gasteiger partial charge in [-0.15, -0.1) is 0 Å². The first-order valence-corrected chi connectivity index (χ1v) is 10.1. The molecule has 0 saturated heterocycles. The molecule has 3 aromatic rings. The van der Waals surface area contributed by atoms with Gasteiger partial charge in [-0.25, -0.2) is 0 Å². The number of carbonyl (C=O) groups is 1. The summed E-state index contributed by atoms with van der Waals surface area (Å²) in [7, 11) is 1.67. The maximum absolute atomic E-state index is 13.4. The maximum Gasteiger partial charge on any atom is 0.229 e. The van der Waals surface area contributed by atoms with Crippen molar-refractivity contribution >= 4 is 17.3 Å². The molecule has 1 unspecified atom stereocenters. The van der Waals surface area contributed by atoms with E-state index in [1.165, 1.54) is 16.8 Å². The molecule has 0 N–H and O–H groups in total. The van der Waals surface area contributed by atoms with Crippen LogP contribution in [-0.4, -0.2) is 19.1 Å². The second kappa shape index (κ2) is 7.28. The van der Waals surface area contributed by atoms with Crippen LogP contribution in [0.15, 0.2) is 72.8 Å². The van der Waals surface area contributed by atoms with E-state index in [1.54, 1.807) is 7.11 Å². The van der Waals surface area contributed by atoms with E-state index in [9.17, 15) is 4.79 Å². The maximum atomic E-state index is 13.4. The number of methoxy groups -OCH3 is 1. The molecule has 0 fully saturated rings. The molecule has 0 radical (unpaired) electrons. The Kier molecular flexibility index (Phi) is 4.47. The Labute approximate surface area is 171 Å². The minimum Gasteiger partial charge on any atom is -0.497 e. The SMILES string of the molecule is COc1ccc(CN2C(=O)CC3Cc4ccccc4N3Cc3ccccc32)cc1. The smallest absolute Gasteiger partial charge is 0.229 e. The molecule has 0 bridgehead atoms. The third kappa shape index (κ3) is 3.25. The number of para-hydroxylation sites is 2. The van der Waals surface area contributed by atoms with Gasteiger partial charge in [0, 0.05) is 30.4 Å². The fraction of sp³-hybridized carbons (Fsp3) is 0.240. The van der Waals surface area contributed by atoms with E-state index in [-0.39, 0.29) is 11.9 Å². The molecule has 4 heteroatoms. The first kappa shape index (κ1) is 17.8. The lowest BCUT2D eigenvalue weighted by Gasteiger charge is -2.35. The van der Waals surface area contributed by atoms with Crippen LogP contribution >= 0.6 is 0 Å². The second-order valence-corrected chi connectivity index (χ2v) is 7.78. The van der Waals surface area contributed by atoms with Crippen molar-refractivity contribution in [1.29, 1.82) is 0 Å². The summed E-state index contributed by atoms with van der Waals surface area (Å²) >= 11 is 0. The van der Waals surface area contributed by atoms with E-state index in [0.717, 1.165) is 30.0 Å². The fourth-order valence-corrected chi connectivity index (χ4v) is 4.55. The number of benzene rings is 3. The van der Waals surface area contributed by atoms with Gasteiger partial charge < -0.3 is 14.5 Å². The summed E-state index contributed by atoms with van der Waals surface area (Å²) in [5.74, 6) is 1.00. The first-order chi connectivity index (χ1) is 14.2. The molecule has 2 aliphatic rings. The van der Waals surface area contributed by atoms with E-state index in [1.807, 2.05) is 35.2 Å². The van der Waals surface area contributed by atoms with Gasteiger partial charge in [-0.3, -0.25) is 4.79 Å². The molecule has 0 aromatic heterocycles. The van der Waals surface area contributed by atoms with Crippen LogP contribution in [0.1, 0.15) is 23.1 Å². The van der Waals surface area contributed by atoms with E-state index in [2.05, 4.69) is 47.4 Å². The Balaban J connectivity index is 1.51. The molecule has 29 heavy (non-hydrogen) atoms. The summed E-state index contributed by atoms with van der Waals surface area (Å²) in [5, 5.41) is 0. The van der Waals surface area contributed by atoms with Gasteiger partial charge in [-0.2, -0.15) is 0 Å². The van der Waals surface area contributed by atoms with Crippen LogP contribution in [0, 0.1) is 0 Å². The predicted molar refractivity (Wildman–Crippen MR) is 115 cm³/mol. The van der Waals surface area contributed by atoms with Gasteiger partial charge in [0.2, 0.25) is 5.91 Å².